The monoisotopic (exact) mass is 459 g/mol. The Morgan fingerprint density at radius 3 is 2.72 bits per heavy atom. The highest BCUT2D eigenvalue weighted by molar-refractivity contribution is 6.30. The number of piperidine rings is 2. The average Bonchev–Trinajstić information content (AvgIpc) is 3.27. The molecule has 2 aromatic rings. The number of carbonyl (C=O) groups excluding carboxylic acids is 1. The van der Waals surface area contributed by atoms with Crippen LogP contribution in [0.1, 0.15) is 44.9 Å². The van der Waals surface area contributed by atoms with Crippen LogP contribution in [0.15, 0.2) is 28.8 Å². The lowest BCUT2D eigenvalue weighted by atomic mass is 9.97. The fourth-order valence-electron chi connectivity index (χ4n) is 4.58. The molecule has 2 aliphatic heterocycles. The lowest BCUT2D eigenvalue weighted by molar-refractivity contribution is -0.126. The molecule has 0 bridgehead atoms. The van der Waals surface area contributed by atoms with Gasteiger partial charge < -0.3 is 14.7 Å². The first-order chi connectivity index (χ1) is 15.6. The SMILES string of the molecule is CC1CCN(CCCNC(=O)C2CCCN(Cc3nc(-c4ccc(Cl)cc4)no3)C2)CC1. The first kappa shape index (κ1) is 23.2. The summed E-state index contributed by atoms with van der Waals surface area (Å²) < 4.78 is 5.45. The number of halogens is 1. The van der Waals surface area contributed by atoms with Crippen molar-refractivity contribution in [2.45, 2.75) is 45.6 Å². The lowest BCUT2D eigenvalue weighted by Gasteiger charge is -2.31. The topological polar surface area (TPSA) is 74.5 Å². The highest BCUT2D eigenvalue weighted by atomic mass is 35.5. The Bertz CT molecular complexity index is 864. The Balaban J connectivity index is 1.19. The van der Waals surface area contributed by atoms with E-state index in [1.54, 1.807) is 0 Å². The summed E-state index contributed by atoms with van der Waals surface area (Å²) in [5.74, 6) is 2.20. The summed E-state index contributed by atoms with van der Waals surface area (Å²) in [4.78, 5) is 22.0. The van der Waals surface area contributed by atoms with Gasteiger partial charge in [-0.2, -0.15) is 4.98 Å². The summed E-state index contributed by atoms with van der Waals surface area (Å²) in [6.07, 6.45) is 5.55. The first-order valence-electron chi connectivity index (χ1n) is 11.9. The zero-order chi connectivity index (χ0) is 22.3. The maximum atomic E-state index is 12.7. The van der Waals surface area contributed by atoms with E-state index < -0.39 is 0 Å². The van der Waals surface area contributed by atoms with Gasteiger partial charge in [0.25, 0.3) is 0 Å². The molecule has 32 heavy (non-hydrogen) atoms. The molecule has 4 rings (SSSR count). The van der Waals surface area contributed by atoms with Crippen LogP contribution in [0, 0.1) is 11.8 Å². The smallest absolute Gasteiger partial charge is 0.241 e. The first-order valence-corrected chi connectivity index (χ1v) is 12.3. The number of aromatic nitrogens is 2. The fourth-order valence-corrected chi connectivity index (χ4v) is 4.71. The molecule has 0 aliphatic carbocycles. The maximum absolute atomic E-state index is 12.7. The summed E-state index contributed by atoms with van der Waals surface area (Å²) in [6.45, 7) is 8.81. The van der Waals surface area contributed by atoms with Gasteiger partial charge in [-0.05, 0) is 88.5 Å². The summed E-state index contributed by atoms with van der Waals surface area (Å²) >= 11 is 5.95. The molecule has 0 radical (unpaired) electrons. The molecule has 1 unspecified atom stereocenters. The Kier molecular flexibility index (Phi) is 8.16. The summed E-state index contributed by atoms with van der Waals surface area (Å²) in [5, 5.41) is 7.93. The zero-order valence-electron chi connectivity index (χ0n) is 18.9. The van der Waals surface area contributed by atoms with Gasteiger partial charge in [0, 0.05) is 23.7 Å². The van der Waals surface area contributed by atoms with Gasteiger partial charge in [0.2, 0.25) is 17.6 Å². The number of amides is 1. The van der Waals surface area contributed by atoms with Crippen molar-refractivity contribution in [2.24, 2.45) is 11.8 Å². The largest absolute Gasteiger partial charge is 0.356 e. The molecule has 174 valence electrons. The average molecular weight is 460 g/mol. The number of carbonyl (C=O) groups is 1. The molecule has 0 spiro atoms. The zero-order valence-corrected chi connectivity index (χ0v) is 19.7. The normalized spacial score (nSPS) is 21.0. The van der Waals surface area contributed by atoms with Gasteiger partial charge >= 0.3 is 0 Å². The Morgan fingerprint density at radius 1 is 1.16 bits per heavy atom. The number of benzene rings is 1. The molecule has 2 saturated heterocycles. The number of hydrogen-bond acceptors (Lipinski definition) is 6. The minimum Gasteiger partial charge on any atom is -0.356 e. The molecule has 7 nitrogen and oxygen atoms in total. The van der Waals surface area contributed by atoms with E-state index in [2.05, 4.69) is 32.2 Å². The minimum atomic E-state index is 0.0262. The number of nitrogens with zero attached hydrogens (tertiary/aromatic N) is 4. The van der Waals surface area contributed by atoms with E-state index in [0.717, 1.165) is 56.9 Å². The molecule has 1 aromatic carbocycles. The van der Waals surface area contributed by atoms with Gasteiger partial charge in [-0.3, -0.25) is 9.69 Å². The second-order valence-electron chi connectivity index (χ2n) is 9.26. The van der Waals surface area contributed by atoms with E-state index in [1.807, 2.05) is 24.3 Å². The van der Waals surface area contributed by atoms with Gasteiger partial charge in [0.05, 0.1) is 12.5 Å². The van der Waals surface area contributed by atoms with E-state index in [4.69, 9.17) is 16.1 Å². The highest BCUT2D eigenvalue weighted by Gasteiger charge is 2.27. The van der Waals surface area contributed by atoms with E-state index in [1.165, 1.54) is 25.9 Å². The van der Waals surface area contributed by atoms with Crippen LogP contribution in [-0.4, -0.2) is 65.1 Å². The van der Waals surface area contributed by atoms with Crippen molar-refractivity contribution in [3.05, 3.63) is 35.2 Å². The van der Waals surface area contributed by atoms with E-state index >= 15 is 0 Å². The van der Waals surface area contributed by atoms with Crippen LogP contribution < -0.4 is 5.32 Å². The molecule has 1 atom stereocenters. The van der Waals surface area contributed by atoms with Crippen LogP contribution in [0.25, 0.3) is 11.4 Å². The van der Waals surface area contributed by atoms with Crippen molar-refractivity contribution in [3.8, 4) is 11.4 Å². The standard InChI is InChI=1S/C24H34ClN5O2/c1-18-9-14-29(15-10-18)13-3-11-26-24(31)20-4-2-12-30(16-20)17-22-27-23(28-32-22)19-5-7-21(25)8-6-19/h5-8,18,20H,2-4,9-17H2,1H3,(H,26,31). The van der Waals surface area contributed by atoms with Gasteiger partial charge in [0.1, 0.15) is 0 Å². The molecule has 1 amide bonds. The van der Waals surface area contributed by atoms with Crippen molar-refractivity contribution in [1.82, 2.24) is 25.3 Å². The molecule has 2 aliphatic rings. The molecule has 0 saturated carbocycles. The third-order valence-corrected chi connectivity index (χ3v) is 6.88. The van der Waals surface area contributed by atoms with Crippen LogP contribution in [-0.2, 0) is 11.3 Å². The quantitative estimate of drug-likeness (QED) is 0.604. The van der Waals surface area contributed by atoms with Gasteiger partial charge in [-0.1, -0.05) is 23.7 Å². The molecule has 2 fully saturated rings. The van der Waals surface area contributed by atoms with E-state index in [0.29, 0.717) is 23.3 Å². The summed E-state index contributed by atoms with van der Waals surface area (Å²) in [5.41, 5.74) is 0.874. The van der Waals surface area contributed by atoms with Crippen LogP contribution in [0.2, 0.25) is 5.02 Å². The molecule has 1 N–H and O–H groups in total. The van der Waals surface area contributed by atoms with Gasteiger partial charge in [-0.15, -0.1) is 0 Å². The van der Waals surface area contributed by atoms with E-state index in [-0.39, 0.29) is 11.8 Å². The number of rotatable bonds is 8. The third-order valence-electron chi connectivity index (χ3n) is 6.63. The molecule has 8 heteroatoms. The molecular formula is C24H34ClN5O2. The fraction of sp³-hybridized carbons (Fsp3) is 0.625. The molecule has 1 aromatic heterocycles. The molecular weight excluding hydrogens is 426 g/mol. The predicted molar refractivity (Wildman–Crippen MR) is 125 cm³/mol. The van der Waals surface area contributed by atoms with Crippen LogP contribution in [0.4, 0.5) is 0 Å². The highest BCUT2D eigenvalue weighted by Crippen LogP contribution is 2.22. The van der Waals surface area contributed by atoms with Gasteiger partial charge in [0.15, 0.2) is 0 Å². The Morgan fingerprint density at radius 2 is 1.94 bits per heavy atom. The maximum Gasteiger partial charge on any atom is 0.241 e. The van der Waals surface area contributed by atoms with Crippen LogP contribution >= 0.6 is 11.6 Å². The lowest BCUT2D eigenvalue weighted by Crippen LogP contribution is -2.43. The Hall–Kier alpha value is -1.96. The Labute approximate surface area is 195 Å². The summed E-state index contributed by atoms with van der Waals surface area (Å²) in [7, 11) is 0. The third kappa shape index (κ3) is 6.53. The van der Waals surface area contributed by atoms with Crippen molar-refractivity contribution in [2.75, 3.05) is 39.3 Å². The second-order valence-corrected chi connectivity index (χ2v) is 9.70. The summed E-state index contributed by atoms with van der Waals surface area (Å²) in [6, 6.07) is 7.38. The second kappa shape index (κ2) is 11.3. The van der Waals surface area contributed by atoms with E-state index in [9.17, 15) is 4.79 Å². The van der Waals surface area contributed by atoms with Gasteiger partial charge in [-0.25, -0.2) is 0 Å². The number of nitrogens with one attached hydrogen (secondary N) is 1. The van der Waals surface area contributed by atoms with Crippen LogP contribution in [0.5, 0.6) is 0 Å². The number of likely N-dealkylation sites (tertiary alicyclic amines) is 2. The van der Waals surface area contributed by atoms with Crippen molar-refractivity contribution >= 4 is 17.5 Å². The minimum absolute atomic E-state index is 0.0262. The van der Waals surface area contributed by atoms with Crippen molar-refractivity contribution < 1.29 is 9.32 Å². The van der Waals surface area contributed by atoms with Crippen molar-refractivity contribution in [1.29, 1.82) is 0 Å². The molecule has 3 heterocycles. The predicted octanol–water partition coefficient (Wildman–Crippen LogP) is 3.84. The van der Waals surface area contributed by atoms with Crippen molar-refractivity contribution in [3.63, 3.8) is 0 Å². The number of hydrogen-bond donors (Lipinski definition) is 1. The van der Waals surface area contributed by atoms with Crippen LogP contribution in [0.3, 0.4) is 0 Å².